The zero-order chi connectivity index (χ0) is 44.7. The van der Waals surface area contributed by atoms with Crippen LogP contribution in [-0.2, 0) is 51.2 Å². The van der Waals surface area contributed by atoms with Crippen LogP contribution in [0.2, 0.25) is 0 Å². The summed E-state index contributed by atoms with van der Waals surface area (Å²) in [6.07, 6.45) is -0.476. The van der Waals surface area contributed by atoms with Crippen molar-refractivity contribution < 1.29 is 58.8 Å². The van der Waals surface area contributed by atoms with E-state index < -0.39 is 115 Å². The predicted octanol–water partition coefficient (Wildman–Crippen LogP) is -3.09. The Labute approximate surface area is 344 Å². The van der Waals surface area contributed by atoms with Gasteiger partial charge < -0.3 is 68.8 Å². The Hall–Kier alpha value is -6.58. The second kappa shape index (κ2) is 22.5. The minimum atomic E-state index is -1.83. The van der Waals surface area contributed by atoms with Crippen molar-refractivity contribution >= 4 is 58.2 Å². The molecule has 3 rings (SSSR count). The Balaban J connectivity index is 1.79. The number of carboxylic acids is 1. The molecule has 0 saturated heterocycles. The van der Waals surface area contributed by atoms with E-state index in [4.69, 9.17) is 16.6 Å². The average molecular weight is 840 g/mol. The van der Waals surface area contributed by atoms with Crippen LogP contribution in [0.3, 0.4) is 0 Å². The number of H-pyrrole nitrogens is 1. The molecule has 2 aromatic carbocycles. The first-order valence-electron chi connectivity index (χ1n) is 19.0. The van der Waals surface area contributed by atoms with Crippen molar-refractivity contribution in [1.29, 1.82) is 0 Å². The number of amides is 7. The number of nitrogens with one attached hydrogen (secondary N) is 7. The van der Waals surface area contributed by atoms with Crippen molar-refractivity contribution in [2.24, 2.45) is 17.4 Å². The van der Waals surface area contributed by atoms with E-state index in [1.807, 2.05) is 29.6 Å². The predicted molar refractivity (Wildman–Crippen MR) is 214 cm³/mol. The largest absolute Gasteiger partial charge is 0.508 e. The van der Waals surface area contributed by atoms with Gasteiger partial charge in [0.05, 0.1) is 25.2 Å². The normalized spacial score (nSPS) is 15.1. The summed E-state index contributed by atoms with van der Waals surface area (Å²) in [6.45, 7) is 2.78. The van der Waals surface area contributed by atoms with Gasteiger partial charge in [0.2, 0.25) is 41.4 Å². The molecule has 3 aromatic rings. The maximum absolute atomic E-state index is 13.7. The van der Waals surface area contributed by atoms with Crippen molar-refractivity contribution in [1.82, 2.24) is 36.9 Å². The molecule has 0 aliphatic rings. The van der Waals surface area contributed by atoms with Gasteiger partial charge in [-0.05, 0) is 48.6 Å². The van der Waals surface area contributed by atoms with Gasteiger partial charge in [0.1, 0.15) is 42.5 Å². The van der Waals surface area contributed by atoms with Crippen LogP contribution in [-0.4, -0.2) is 128 Å². The average Bonchev–Trinajstić information content (AvgIpc) is 3.61. The molecule has 60 heavy (non-hydrogen) atoms. The highest BCUT2D eigenvalue weighted by atomic mass is 16.4. The Kier molecular flexibility index (Phi) is 18.0. The Morgan fingerprint density at radius 1 is 0.733 bits per heavy atom. The number of aliphatic carboxylic acids is 1. The number of aliphatic hydroxyl groups excluding tert-OH is 2. The summed E-state index contributed by atoms with van der Waals surface area (Å²) >= 11 is 0. The summed E-state index contributed by atoms with van der Waals surface area (Å²) in [7, 11) is 0. The van der Waals surface area contributed by atoms with E-state index in [1.165, 1.54) is 24.3 Å². The van der Waals surface area contributed by atoms with Crippen LogP contribution in [0.5, 0.6) is 5.75 Å². The first-order chi connectivity index (χ1) is 28.3. The number of aromatic hydroxyl groups is 1. The number of aromatic nitrogens is 1. The number of benzene rings is 2. The lowest BCUT2D eigenvalue weighted by Gasteiger charge is -2.29. The summed E-state index contributed by atoms with van der Waals surface area (Å²) in [6, 6.07) is 3.75. The topological polar surface area (TPSA) is 357 Å². The van der Waals surface area contributed by atoms with E-state index in [0.29, 0.717) is 12.0 Å². The van der Waals surface area contributed by atoms with Crippen LogP contribution < -0.4 is 43.4 Å². The number of aromatic amines is 1. The van der Waals surface area contributed by atoms with Gasteiger partial charge in [-0.25, -0.2) is 0 Å². The number of nitrogens with two attached hydrogens (primary N) is 2. The summed E-state index contributed by atoms with van der Waals surface area (Å²) in [5.74, 6) is -8.99. The molecule has 21 nitrogen and oxygen atoms in total. The summed E-state index contributed by atoms with van der Waals surface area (Å²) in [5.41, 5.74) is 13.7. The number of carboxylic acid groups (broad SMARTS) is 1. The van der Waals surface area contributed by atoms with Gasteiger partial charge in [-0.1, -0.05) is 50.6 Å². The van der Waals surface area contributed by atoms with Gasteiger partial charge >= 0.3 is 5.97 Å². The quantitative estimate of drug-likeness (QED) is 0.0451. The second-order valence-electron chi connectivity index (χ2n) is 14.3. The van der Waals surface area contributed by atoms with Crippen LogP contribution in [0.4, 0.5) is 0 Å². The lowest BCUT2D eigenvalue weighted by Crippen LogP contribution is -2.62. The van der Waals surface area contributed by atoms with E-state index in [9.17, 15) is 53.7 Å². The molecule has 21 heteroatoms. The lowest BCUT2D eigenvalue weighted by atomic mass is 9.96. The number of phenolic OH excluding ortho intramolecular Hbond substituents is 1. The molecule has 0 saturated carbocycles. The zero-order valence-corrected chi connectivity index (χ0v) is 33.3. The number of rotatable bonds is 23. The first-order valence-corrected chi connectivity index (χ1v) is 19.0. The highest BCUT2D eigenvalue weighted by molar-refractivity contribution is 5.98. The maximum atomic E-state index is 13.7. The molecule has 15 N–H and O–H groups in total. The molecule has 0 fully saturated rings. The molecular formula is C39H53N9O12. The van der Waals surface area contributed by atoms with Crippen molar-refractivity contribution in [2.75, 3.05) is 13.2 Å². The number of carbonyl (C=O) groups excluding carboxylic acids is 7. The smallest absolute Gasteiger partial charge is 0.322 e. The van der Waals surface area contributed by atoms with E-state index in [-0.39, 0.29) is 18.6 Å². The molecular weight excluding hydrogens is 786 g/mol. The molecule has 0 radical (unpaired) electrons. The summed E-state index contributed by atoms with van der Waals surface area (Å²) in [5, 5.41) is 53.7. The molecule has 326 valence electrons. The standard InChI is InChI=1S/C39H53N9O12/c1-4-19(2)32(47-34(55)25(40)14-22-16-42-26-8-6-5-7-24(22)26)38(59)45-28(15-30(41)52)37(58)48-33(20(3)50)39(60)44-27(13-21-9-11-23(51)12-10-21)36(57)46-29(18-49)35(56)43-17-31(53)54/h5-12,16,19-20,25,27-29,32-33,42,49-51H,4,13-15,17-18,40H2,1-3H3,(H2,41,52)(H,43,56)(H,44,60)(H,45,59)(H,46,57)(H,47,55)(H,48,58)(H,53,54)/t19-,20+,25-,27-,28-,29-,32-,33-/m0/s1. The van der Waals surface area contributed by atoms with Crippen molar-refractivity contribution in [3.63, 3.8) is 0 Å². The minimum Gasteiger partial charge on any atom is -0.508 e. The fraction of sp³-hybridized carbons (Fsp3) is 0.436. The molecule has 1 heterocycles. The molecule has 8 atom stereocenters. The highest BCUT2D eigenvalue weighted by Crippen LogP contribution is 2.19. The third kappa shape index (κ3) is 14.1. The van der Waals surface area contributed by atoms with Crippen LogP contribution in [0.25, 0.3) is 10.9 Å². The third-order valence-electron chi connectivity index (χ3n) is 9.58. The maximum Gasteiger partial charge on any atom is 0.322 e. The van der Waals surface area contributed by atoms with E-state index in [1.54, 1.807) is 20.0 Å². The van der Waals surface area contributed by atoms with Gasteiger partial charge in [-0.3, -0.25) is 38.4 Å². The number of primary amides is 1. The number of carbonyl (C=O) groups is 8. The number of aliphatic hydroxyl groups is 2. The molecule has 0 spiro atoms. The Morgan fingerprint density at radius 3 is 1.92 bits per heavy atom. The fourth-order valence-electron chi connectivity index (χ4n) is 6.01. The van der Waals surface area contributed by atoms with E-state index in [0.717, 1.165) is 23.4 Å². The number of fused-ring (bicyclic) bond motifs is 1. The molecule has 0 bridgehead atoms. The van der Waals surface area contributed by atoms with Crippen LogP contribution in [0.1, 0.15) is 44.7 Å². The van der Waals surface area contributed by atoms with Crippen molar-refractivity contribution in [3.8, 4) is 5.75 Å². The second-order valence-corrected chi connectivity index (χ2v) is 14.3. The highest BCUT2D eigenvalue weighted by Gasteiger charge is 2.36. The first kappa shape index (κ1) is 47.8. The summed E-state index contributed by atoms with van der Waals surface area (Å²) < 4.78 is 0. The molecule has 0 unspecified atom stereocenters. The van der Waals surface area contributed by atoms with Gasteiger partial charge in [0, 0.05) is 23.5 Å². The molecule has 0 aliphatic carbocycles. The number of para-hydroxylation sites is 1. The fourth-order valence-corrected chi connectivity index (χ4v) is 6.01. The Bertz CT molecular complexity index is 2000. The van der Waals surface area contributed by atoms with Gasteiger partial charge in [-0.2, -0.15) is 0 Å². The molecule has 0 aliphatic heterocycles. The van der Waals surface area contributed by atoms with Crippen LogP contribution in [0.15, 0.2) is 54.7 Å². The van der Waals surface area contributed by atoms with Crippen LogP contribution >= 0.6 is 0 Å². The van der Waals surface area contributed by atoms with Gasteiger partial charge in [0.25, 0.3) is 0 Å². The van der Waals surface area contributed by atoms with Crippen LogP contribution in [0, 0.1) is 5.92 Å². The molecule has 7 amide bonds. The zero-order valence-electron chi connectivity index (χ0n) is 33.3. The summed E-state index contributed by atoms with van der Waals surface area (Å²) in [4.78, 5) is 106. The number of hydrogen-bond donors (Lipinski definition) is 13. The van der Waals surface area contributed by atoms with Crippen molar-refractivity contribution in [3.05, 3.63) is 65.9 Å². The van der Waals surface area contributed by atoms with E-state index in [2.05, 4.69) is 31.6 Å². The molecule has 1 aromatic heterocycles. The SMILES string of the molecule is CC[C@H](C)[C@H](NC(=O)[C@@H](N)Cc1c[nH]c2ccccc12)C(=O)N[C@@H](CC(N)=O)C(=O)N[C@H](C(=O)N[C@@H](Cc1ccc(O)cc1)C(=O)N[C@@H](CO)C(=O)NCC(=O)O)[C@@H](C)O. The number of hydrogen-bond acceptors (Lipinski definition) is 12. The van der Waals surface area contributed by atoms with E-state index >= 15 is 0 Å². The van der Waals surface area contributed by atoms with Crippen molar-refractivity contribution in [2.45, 2.75) is 88.8 Å². The van der Waals surface area contributed by atoms with Gasteiger partial charge in [0.15, 0.2) is 0 Å². The lowest BCUT2D eigenvalue weighted by molar-refractivity contribution is -0.139. The van der Waals surface area contributed by atoms with Gasteiger partial charge in [-0.15, -0.1) is 0 Å². The number of phenols is 1. The Morgan fingerprint density at radius 2 is 1.32 bits per heavy atom. The monoisotopic (exact) mass is 839 g/mol. The third-order valence-corrected chi connectivity index (χ3v) is 9.58. The minimum absolute atomic E-state index is 0.114.